The van der Waals surface area contributed by atoms with Crippen molar-refractivity contribution in [3.05, 3.63) is 48.5 Å². The third kappa shape index (κ3) is 2.30. The third-order valence-electron chi connectivity index (χ3n) is 4.15. The normalized spacial score (nSPS) is 17.1. The van der Waals surface area contributed by atoms with Crippen LogP contribution in [0.4, 0.5) is 11.5 Å². The molecule has 1 aromatic carbocycles. The maximum atomic E-state index is 11.8. The number of carbonyl (C=O) groups excluding carboxylic acids is 1. The average Bonchev–Trinajstić information content (AvgIpc) is 3.04. The molecule has 3 heterocycles. The molecule has 0 bridgehead atoms. The molecule has 0 radical (unpaired) electrons. The van der Waals surface area contributed by atoms with Gasteiger partial charge in [0.05, 0.1) is 6.04 Å². The Morgan fingerprint density at radius 2 is 2.22 bits per heavy atom. The van der Waals surface area contributed by atoms with Gasteiger partial charge in [0.2, 0.25) is 11.6 Å². The van der Waals surface area contributed by atoms with Crippen LogP contribution in [0.3, 0.4) is 0 Å². The Kier molecular flexibility index (Phi) is 3.18. The van der Waals surface area contributed by atoms with Crippen LogP contribution in [0, 0.1) is 0 Å². The molecule has 1 atom stereocenters. The first-order valence-corrected chi connectivity index (χ1v) is 7.52. The molecule has 7 nitrogen and oxygen atoms in total. The van der Waals surface area contributed by atoms with E-state index >= 15 is 0 Å². The summed E-state index contributed by atoms with van der Waals surface area (Å²) in [6, 6.07) is 8.05. The van der Waals surface area contributed by atoms with Crippen LogP contribution in [0.1, 0.15) is 24.9 Å². The number of hydrogen-bond acceptors (Lipinski definition) is 5. The lowest BCUT2D eigenvalue weighted by Gasteiger charge is -2.34. The lowest BCUT2D eigenvalue weighted by atomic mass is 9.96. The number of benzene rings is 1. The zero-order chi connectivity index (χ0) is 15.8. The van der Waals surface area contributed by atoms with Crippen LogP contribution in [0.5, 0.6) is 0 Å². The van der Waals surface area contributed by atoms with Crippen LogP contribution in [0.15, 0.2) is 43.0 Å². The van der Waals surface area contributed by atoms with Crippen LogP contribution < -0.4 is 10.2 Å². The largest absolute Gasteiger partial charge is 0.360 e. The predicted octanol–water partition coefficient (Wildman–Crippen LogP) is 2.03. The fourth-order valence-corrected chi connectivity index (χ4v) is 3.06. The van der Waals surface area contributed by atoms with E-state index in [1.165, 1.54) is 0 Å². The average molecular weight is 308 g/mol. The molecular weight excluding hydrogens is 292 g/mol. The van der Waals surface area contributed by atoms with E-state index < -0.39 is 0 Å². The number of nitrogens with zero attached hydrogens (tertiary/aromatic N) is 5. The molecule has 0 saturated carbocycles. The quantitative estimate of drug-likeness (QED) is 0.784. The van der Waals surface area contributed by atoms with Crippen molar-refractivity contribution in [3.63, 3.8) is 0 Å². The maximum absolute atomic E-state index is 11.8. The van der Waals surface area contributed by atoms with Gasteiger partial charge in [0.25, 0.3) is 0 Å². The molecule has 1 amide bonds. The number of amides is 1. The minimum atomic E-state index is 0.0635. The van der Waals surface area contributed by atoms with Gasteiger partial charge in [0.15, 0.2) is 5.82 Å². The Labute approximate surface area is 133 Å². The fourth-order valence-electron chi connectivity index (χ4n) is 3.06. The minimum Gasteiger partial charge on any atom is -0.360 e. The summed E-state index contributed by atoms with van der Waals surface area (Å²) in [4.78, 5) is 18.0. The van der Waals surface area contributed by atoms with Gasteiger partial charge in [-0.1, -0.05) is 18.2 Å². The van der Waals surface area contributed by atoms with Crippen molar-refractivity contribution >= 4 is 23.1 Å². The highest BCUT2D eigenvalue weighted by Gasteiger charge is 2.27. The summed E-state index contributed by atoms with van der Waals surface area (Å²) in [5.74, 6) is 0.759. The van der Waals surface area contributed by atoms with E-state index in [1.807, 2.05) is 39.8 Å². The molecule has 116 valence electrons. The van der Waals surface area contributed by atoms with Crippen LogP contribution in [-0.4, -0.2) is 32.0 Å². The predicted molar refractivity (Wildman–Crippen MR) is 86.2 cm³/mol. The van der Waals surface area contributed by atoms with E-state index in [9.17, 15) is 4.79 Å². The second kappa shape index (κ2) is 5.35. The van der Waals surface area contributed by atoms with Gasteiger partial charge in [-0.3, -0.25) is 9.20 Å². The molecule has 2 aromatic heterocycles. The molecule has 0 spiro atoms. The number of fused-ring (bicyclic) bond motifs is 2. The van der Waals surface area contributed by atoms with Gasteiger partial charge in [-0.15, -0.1) is 10.2 Å². The van der Waals surface area contributed by atoms with Gasteiger partial charge >= 0.3 is 0 Å². The second-order valence-corrected chi connectivity index (χ2v) is 5.55. The van der Waals surface area contributed by atoms with E-state index in [0.29, 0.717) is 18.0 Å². The lowest BCUT2D eigenvalue weighted by molar-refractivity contribution is -0.116. The molecule has 7 heteroatoms. The van der Waals surface area contributed by atoms with Gasteiger partial charge in [-0.25, -0.2) is 4.98 Å². The topological polar surface area (TPSA) is 75.4 Å². The molecule has 4 rings (SSSR count). The molecular formula is C16H16N6O. The SMILES string of the molecule is CC(=O)N1CCC(Nc2nccn3cnnc23)c2ccccc21. The number of aromatic nitrogens is 4. The third-order valence-corrected chi connectivity index (χ3v) is 4.15. The van der Waals surface area contributed by atoms with Gasteiger partial charge in [-0.05, 0) is 18.1 Å². The first-order chi connectivity index (χ1) is 11.2. The first kappa shape index (κ1) is 13.7. The van der Waals surface area contributed by atoms with Crippen molar-refractivity contribution in [2.24, 2.45) is 0 Å². The summed E-state index contributed by atoms with van der Waals surface area (Å²) in [6.07, 6.45) is 5.99. The number of nitrogens with one attached hydrogen (secondary N) is 1. The molecule has 0 fully saturated rings. The van der Waals surface area contributed by atoms with Crippen molar-refractivity contribution < 1.29 is 4.79 Å². The van der Waals surface area contributed by atoms with Crippen LogP contribution in [-0.2, 0) is 4.79 Å². The molecule has 0 saturated heterocycles. The van der Waals surface area contributed by atoms with Crippen molar-refractivity contribution in [1.82, 2.24) is 19.6 Å². The number of carbonyl (C=O) groups is 1. The van der Waals surface area contributed by atoms with Crippen molar-refractivity contribution in [2.45, 2.75) is 19.4 Å². The molecule has 1 aliphatic heterocycles. The zero-order valence-corrected chi connectivity index (χ0v) is 12.7. The Bertz CT molecular complexity index is 874. The second-order valence-electron chi connectivity index (χ2n) is 5.55. The molecule has 1 N–H and O–H groups in total. The number of para-hydroxylation sites is 1. The van der Waals surface area contributed by atoms with Crippen molar-refractivity contribution in [1.29, 1.82) is 0 Å². The van der Waals surface area contributed by atoms with Crippen LogP contribution in [0.2, 0.25) is 0 Å². The monoisotopic (exact) mass is 308 g/mol. The maximum Gasteiger partial charge on any atom is 0.223 e. The smallest absolute Gasteiger partial charge is 0.223 e. The minimum absolute atomic E-state index is 0.0635. The summed E-state index contributed by atoms with van der Waals surface area (Å²) in [5, 5.41) is 11.5. The lowest BCUT2D eigenvalue weighted by Crippen LogP contribution is -2.36. The van der Waals surface area contributed by atoms with E-state index in [1.54, 1.807) is 19.4 Å². The fraction of sp³-hybridized carbons (Fsp3) is 0.250. The van der Waals surface area contributed by atoms with Gasteiger partial charge in [-0.2, -0.15) is 0 Å². The van der Waals surface area contributed by atoms with E-state index in [2.05, 4.69) is 20.5 Å². The van der Waals surface area contributed by atoms with Crippen LogP contribution >= 0.6 is 0 Å². The number of hydrogen-bond donors (Lipinski definition) is 1. The summed E-state index contributed by atoms with van der Waals surface area (Å²) < 4.78 is 1.83. The Morgan fingerprint density at radius 3 is 3.09 bits per heavy atom. The van der Waals surface area contributed by atoms with E-state index in [-0.39, 0.29) is 11.9 Å². The molecule has 3 aromatic rings. The summed E-state index contributed by atoms with van der Waals surface area (Å²) in [6.45, 7) is 2.28. The molecule has 0 aliphatic carbocycles. The zero-order valence-electron chi connectivity index (χ0n) is 12.7. The Hall–Kier alpha value is -2.96. The van der Waals surface area contributed by atoms with E-state index in [0.717, 1.165) is 17.7 Å². The Balaban J connectivity index is 1.71. The van der Waals surface area contributed by atoms with Crippen LogP contribution in [0.25, 0.3) is 5.65 Å². The Morgan fingerprint density at radius 1 is 1.35 bits per heavy atom. The molecule has 1 aliphatic rings. The number of anilines is 2. The van der Waals surface area contributed by atoms with Crippen molar-refractivity contribution in [3.8, 4) is 0 Å². The number of rotatable bonds is 2. The van der Waals surface area contributed by atoms with Crippen molar-refractivity contribution in [2.75, 3.05) is 16.8 Å². The summed E-state index contributed by atoms with van der Waals surface area (Å²) in [7, 11) is 0. The molecule has 23 heavy (non-hydrogen) atoms. The van der Waals surface area contributed by atoms with E-state index in [4.69, 9.17) is 0 Å². The summed E-state index contributed by atoms with van der Waals surface area (Å²) in [5.41, 5.74) is 2.74. The highest BCUT2D eigenvalue weighted by molar-refractivity contribution is 5.93. The highest BCUT2D eigenvalue weighted by atomic mass is 16.2. The van der Waals surface area contributed by atoms with Gasteiger partial charge in [0.1, 0.15) is 6.33 Å². The van der Waals surface area contributed by atoms with Gasteiger partial charge < -0.3 is 10.2 Å². The first-order valence-electron chi connectivity index (χ1n) is 7.52. The van der Waals surface area contributed by atoms with Gasteiger partial charge in [0, 0.05) is 31.5 Å². The summed E-state index contributed by atoms with van der Waals surface area (Å²) >= 11 is 0. The molecule has 1 unspecified atom stereocenters. The standard InChI is InChI=1S/C16H16N6O/c1-11(23)22-8-6-13(12-4-2-3-5-14(12)22)19-15-16-20-18-10-21(16)9-7-17-15/h2-5,7,9-10,13H,6,8H2,1H3,(H,17,19). The highest BCUT2D eigenvalue weighted by Crippen LogP contribution is 2.35.